The van der Waals surface area contributed by atoms with Crippen LogP contribution in [0.1, 0.15) is 0 Å². The Morgan fingerprint density at radius 1 is 0.129 bits per heavy atom. The average Bonchev–Trinajstić information content (AvgIpc) is 3.36. The monoisotopic (exact) mass is 786 g/mol. The third-order valence-corrected chi connectivity index (χ3v) is 12.3. The molecule has 0 amide bonds. The summed E-state index contributed by atoms with van der Waals surface area (Å²) in [5.74, 6) is 0. The van der Waals surface area contributed by atoms with Crippen molar-refractivity contribution in [2.75, 3.05) is 0 Å². The van der Waals surface area contributed by atoms with Crippen LogP contribution in [-0.4, -0.2) is 0 Å². The fraction of sp³-hybridized carbons (Fsp3) is 0. The highest BCUT2D eigenvalue weighted by Crippen LogP contribution is 2.47. The maximum absolute atomic E-state index is 2.34. The van der Waals surface area contributed by atoms with Gasteiger partial charge in [-0.25, -0.2) is 0 Å². The van der Waals surface area contributed by atoms with Crippen molar-refractivity contribution in [3.8, 4) is 89.0 Å². The number of fused-ring (bicyclic) bond motifs is 2. The molecule has 0 fully saturated rings. The van der Waals surface area contributed by atoms with Gasteiger partial charge in [0.2, 0.25) is 0 Å². The van der Waals surface area contributed by atoms with E-state index in [2.05, 4.69) is 255 Å². The topological polar surface area (TPSA) is 0 Å². The van der Waals surface area contributed by atoms with Crippen LogP contribution in [0.15, 0.2) is 255 Å². The predicted molar refractivity (Wildman–Crippen MR) is 265 cm³/mol. The Balaban J connectivity index is 1.09. The summed E-state index contributed by atoms with van der Waals surface area (Å²) in [5, 5.41) is 4.96. The zero-order chi connectivity index (χ0) is 41.2. The van der Waals surface area contributed by atoms with Gasteiger partial charge in [-0.2, -0.15) is 0 Å². The number of rotatable bonds is 8. The Morgan fingerprint density at radius 2 is 0.306 bits per heavy atom. The molecule has 0 heteroatoms. The molecule has 11 aromatic rings. The molecule has 290 valence electrons. The minimum absolute atomic E-state index is 1.18. The maximum Gasteiger partial charge on any atom is -0.00266 e. The molecule has 0 unspecified atom stereocenters. The number of hydrogen-bond acceptors (Lipinski definition) is 0. The van der Waals surface area contributed by atoms with Gasteiger partial charge in [0.25, 0.3) is 0 Å². The first-order chi connectivity index (χ1) is 30.8. The highest BCUT2D eigenvalue weighted by Gasteiger charge is 2.20. The van der Waals surface area contributed by atoms with Crippen molar-refractivity contribution in [2.24, 2.45) is 0 Å². The summed E-state index contributed by atoms with van der Waals surface area (Å²) in [6, 6.07) is 92.9. The Labute approximate surface area is 363 Å². The van der Waals surface area contributed by atoms with E-state index in [0.717, 1.165) is 0 Å². The molecule has 0 aliphatic heterocycles. The van der Waals surface area contributed by atoms with Crippen LogP contribution in [0, 0.1) is 0 Å². The van der Waals surface area contributed by atoms with Gasteiger partial charge < -0.3 is 0 Å². The molecule has 0 aliphatic rings. The van der Waals surface area contributed by atoms with E-state index < -0.39 is 0 Å². The second-order valence-electron chi connectivity index (χ2n) is 15.9. The van der Waals surface area contributed by atoms with Crippen molar-refractivity contribution in [1.82, 2.24) is 0 Å². The molecule has 11 rings (SSSR count). The molecule has 0 spiro atoms. The Kier molecular flexibility index (Phi) is 9.65. The second kappa shape index (κ2) is 16.2. The second-order valence-corrected chi connectivity index (χ2v) is 15.9. The largest absolute Gasteiger partial charge is 0.0622 e. The lowest BCUT2D eigenvalue weighted by Crippen LogP contribution is -1.94. The highest BCUT2D eigenvalue weighted by atomic mass is 14.2. The van der Waals surface area contributed by atoms with E-state index in [-0.39, 0.29) is 0 Å². The van der Waals surface area contributed by atoms with Crippen LogP contribution in [0.5, 0.6) is 0 Å². The van der Waals surface area contributed by atoms with Gasteiger partial charge in [-0.05, 0) is 111 Å². The van der Waals surface area contributed by atoms with Crippen molar-refractivity contribution < 1.29 is 0 Å². The normalized spacial score (nSPS) is 11.2. The molecule has 11 aromatic carbocycles. The molecule has 0 bridgehead atoms. The van der Waals surface area contributed by atoms with Crippen LogP contribution < -0.4 is 0 Å². The standard InChI is InChI=1S/C62H42/c1-7-19-43(20-8-1)51-35-39-57-55(59(51)47-23-11-3-12-24-47)41-37-53(61(57)49-27-15-5-16-28-49)45-31-33-46(34-32-45)54-38-42-56-58(62(54)50-29-17-6-18-30-50)40-36-52(44-21-9-2-10-22-44)60(56)48-25-13-4-14-26-48/h1-42H. The van der Waals surface area contributed by atoms with Crippen LogP contribution in [0.25, 0.3) is 111 Å². The molecule has 0 saturated heterocycles. The number of hydrogen-bond donors (Lipinski definition) is 0. The molecular formula is C62H42. The zero-order valence-corrected chi connectivity index (χ0v) is 34.2. The Bertz CT molecular complexity index is 3090. The van der Waals surface area contributed by atoms with Gasteiger partial charge in [-0.15, -0.1) is 0 Å². The lowest BCUT2D eigenvalue weighted by atomic mass is 9.83. The summed E-state index contributed by atoms with van der Waals surface area (Å²) in [7, 11) is 0. The minimum atomic E-state index is 1.18. The van der Waals surface area contributed by atoms with Crippen LogP contribution in [0.3, 0.4) is 0 Å². The highest BCUT2D eigenvalue weighted by molar-refractivity contribution is 6.14. The Morgan fingerprint density at radius 3 is 0.516 bits per heavy atom. The maximum atomic E-state index is 2.34. The summed E-state index contributed by atoms with van der Waals surface area (Å²) >= 11 is 0. The lowest BCUT2D eigenvalue weighted by Gasteiger charge is -2.20. The van der Waals surface area contributed by atoms with E-state index in [4.69, 9.17) is 0 Å². The lowest BCUT2D eigenvalue weighted by molar-refractivity contribution is 1.57. The number of benzene rings is 11. The van der Waals surface area contributed by atoms with Crippen molar-refractivity contribution in [3.63, 3.8) is 0 Å². The van der Waals surface area contributed by atoms with E-state index in [1.807, 2.05) is 0 Å². The van der Waals surface area contributed by atoms with E-state index in [1.165, 1.54) is 111 Å². The smallest absolute Gasteiger partial charge is 0.00266 e. The molecule has 0 radical (unpaired) electrons. The molecule has 62 heavy (non-hydrogen) atoms. The van der Waals surface area contributed by atoms with Gasteiger partial charge >= 0.3 is 0 Å². The van der Waals surface area contributed by atoms with E-state index in [0.29, 0.717) is 0 Å². The Hall–Kier alpha value is -8.06. The van der Waals surface area contributed by atoms with Crippen molar-refractivity contribution in [2.45, 2.75) is 0 Å². The SMILES string of the molecule is c1ccc(-c2ccc3c(-c4ccccc4)c(-c4ccc(-c5ccc6c(-c7ccccc7)c(-c7ccccc7)ccc6c5-c5ccccc5)cc4)ccc3c2-c2ccccc2)cc1. The molecule has 0 N–H and O–H groups in total. The van der Waals surface area contributed by atoms with Crippen LogP contribution in [0.4, 0.5) is 0 Å². The summed E-state index contributed by atoms with van der Waals surface area (Å²) in [6.07, 6.45) is 0. The summed E-state index contributed by atoms with van der Waals surface area (Å²) in [4.78, 5) is 0. The molecule has 0 aliphatic carbocycles. The van der Waals surface area contributed by atoms with Gasteiger partial charge in [0, 0.05) is 0 Å². The third kappa shape index (κ3) is 6.69. The summed E-state index contributed by atoms with van der Waals surface area (Å²) < 4.78 is 0. The van der Waals surface area contributed by atoms with Crippen molar-refractivity contribution >= 4 is 21.5 Å². The third-order valence-electron chi connectivity index (χ3n) is 12.3. The van der Waals surface area contributed by atoms with E-state index >= 15 is 0 Å². The quantitative estimate of drug-likeness (QED) is 0.144. The van der Waals surface area contributed by atoms with Crippen LogP contribution in [-0.2, 0) is 0 Å². The summed E-state index contributed by atoms with van der Waals surface area (Å²) in [5.41, 5.74) is 19.5. The average molecular weight is 787 g/mol. The first-order valence-corrected chi connectivity index (χ1v) is 21.4. The summed E-state index contributed by atoms with van der Waals surface area (Å²) in [6.45, 7) is 0. The minimum Gasteiger partial charge on any atom is -0.0622 e. The van der Waals surface area contributed by atoms with Gasteiger partial charge in [0.15, 0.2) is 0 Å². The molecule has 0 aromatic heterocycles. The van der Waals surface area contributed by atoms with Gasteiger partial charge in [-0.1, -0.05) is 255 Å². The first-order valence-electron chi connectivity index (χ1n) is 21.4. The predicted octanol–water partition coefficient (Wildman–Crippen LogP) is 17.3. The molecule has 0 heterocycles. The van der Waals surface area contributed by atoms with Gasteiger partial charge in [-0.3, -0.25) is 0 Å². The fourth-order valence-electron chi connectivity index (χ4n) is 9.50. The zero-order valence-electron chi connectivity index (χ0n) is 34.2. The van der Waals surface area contributed by atoms with Gasteiger partial charge in [0.1, 0.15) is 0 Å². The molecule has 0 saturated carbocycles. The van der Waals surface area contributed by atoms with E-state index in [9.17, 15) is 0 Å². The molecule has 0 nitrogen and oxygen atoms in total. The van der Waals surface area contributed by atoms with Crippen molar-refractivity contribution in [1.29, 1.82) is 0 Å². The fourth-order valence-corrected chi connectivity index (χ4v) is 9.50. The van der Waals surface area contributed by atoms with Crippen LogP contribution >= 0.6 is 0 Å². The molecular weight excluding hydrogens is 745 g/mol. The first kappa shape index (κ1) is 37.0. The molecule has 0 atom stereocenters. The van der Waals surface area contributed by atoms with Gasteiger partial charge in [0.05, 0.1) is 0 Å². The van der Waals surface area contributed by atoms with E-state index in [1.54, 1.807) is 0 Å². The van der Waals surface area contributed by atoms with Crippen LogP contribution in [0.2, 0.25) is 0 Å². The van der Waals surface area contributed by atoms with Crippen molar-refractivity contribution in [3.05, 3.63) is 255 Å².